The van der Waals surface area contributed by atoms with Gasteiger partial charge in [-0.1, -0.05) is 12.1 Å². The van der Waals surface area contributed by atoms with Crippen molar-refractivity contribution in [2.75, 3.05) is 32.1 Å². The topological polar surface area (TPSA) is 66.5 Å². The molecule has 0 spiro atoms. The Morgan fingerprint density at radius 3 is 2.20 bits per heavy atom. The Balaban J connectivity index is 1.77. The Kier molecular flexibility index (Phi) is 8.16. The summed E-state index contributed by atoms with van der Waals surface area (Å²) >= 11 is 0. The van der Waals surface area contributed by atoms with Crippen molar-refractivity contribution in [3.05, 3.63) is 76.2 Å². The minimum absolute atomic E-state index is 0.0640. The van der Waals surface area contributed by atoms with E-state index in [1.54, 1.807) is 6.92 Å². The fourth-order valence-electron chi connectivity index (χ4n) is 4.70. The van der Waals surface area contributed by atoms with Gasteiger partial charge in [0.25, 0.3) is 0 Å². The van der Waals surface area contributed by atoms with E-state index in [4.69, 9.17) is 9.47 Å². The fraction of sp³-hybridized carbons (Fsp3) is 0.462. The summed E-state index contributed by atoms with van der Waals surface area (Å²) in [6.45, 7) is 3.86. The molecule has 3 aromatic rings. The Bertz CT molecular complexity index is 1280. The predicted molar refractivity (Wildman–Crippen MR) is 131 cm³/mol. The Hall–Kier alpha value is -3.23. The largest absolute Gasteiger partial charge is 0.416 e. The molecular weight excluding hydrogens is 547 g/mol. The van der Waals surface area contributed by atoms with Crippen molar-refractivity contribution in [1.29, 1.82) is 0 Å². The van der Waals surface area contributed by atoms with Gasteiger partial charge < -0.3 is 19.3 Å². The summed E-state index contributed by atoms with van der Waals surface area (Å²) in [4.78, 5) is 3.70. The standard InChI is InChI=1S/C26H28F7N5O2/c1-15(16-11-18(25(28,29)30)13-19(12-16)26(31,32)33)40-23-24(2,17-5-7-20(27)8-6-17)38(9-10-39-23)22-21(14-37(3)4)34-36-35-22/h5-8,11-13,15,23H,9-10,14H2,1-4H3,(H,34,35,36)/t15?,23-,24+/m1/s1. The highest BCUT2D eigenvalue weighted by atomic mass is 19.4. The van der Waals surface area contributed by atoms with Gasteiger partial charge in [-0.2, -0.15) is 36.7 Å². The number of aromatic nitrogens is 3. The summed E-state index contributed by atoms with van der Waals surface area (Å²) in [7, 11) is 3.68. The molecule has 0 radical (unpaired) electrons. The summed E-state index contributed by atoms with van der Waals surface area (Å²) in [6.07, 6.45) is -12.5. The molecule has 218 valence electrons. The zero-order valence-electron chi connectivity index (χ0n) is 22.1. The van der Waals surface area contributed by atoms with Crippen LogP contribution < -0.4 is 4.90 Å². The van der Waals surface area contributed by atoms with Crippen LogP contribution in [-0.2, 0) is 33.9 Å². The van der Waals surface area contributed by atoms with Crippen LogP contribution in [0, 0.1) is 5.82 Å². The van der Waals surface area contributed by atoms with Gasteiger partial charge in [-0.25, -0.2) is 4.39 Å². The van der Waals surface area contributed by atoms with Crippen molar-refractivity contribution in [3.8, 4) is 0 Å². The number of nitrogens with one attached hydrogen (secondary N) is 1. The normalized spacial score (nSPS) is 21.2. The van der Waals surface area contributed by atoms with E-state index in [1.165, 1.54) is 31.2 Å². The molecule has 1 aromatic heterocycles. The van der Waals surface area contributed by atoms with Crippen LogP contribution in [0.25, 0.3) is 0 Å². The number of ether oxygens (including phenoxy) is 2. The van der Waals surface area contributed by atoms with E-state index in [2.05, 4.69) is 15.4 Å². The molecule has 1 unspecified atom stereocenters. The molecule has 4 rings (SSSR count). The first-order valence-electron chi connectivity index (χ1n) is 12.2. The average Bonchev–Trinajstić information content (AvgIpc) is 3.31. The molecule has 1 fully saturated rings. The lowest BCUT2D eigenvalue weighted by Gasteiger charge is -2.50. The molecule has 3 atom stereocenters. The van der Waals surface area contributed by atoms with Crippen molar-refractivity contribution >= 4 is 5.82 Å². The number of anilines is 1. The molecule has 1 saturated heterocycles. The van der Waals surface area contributed by atoms with Gasteiger partial charge in [0.05, 0.1) is 23.8 Å². The van der Waals surface area contributed by atoms with Crippen LogP contribution >= 0.6 is 0 Å². The maximum absolute atomic E-state index is 13.9. The number of alkyl halides is 6. The van der Waals surface area contributed by atoms with Crippen molar-refractivity contribution in [2.24, 2.45) is 0 Å². The molecule has 0 aliphatic carbocycles. The number of aromatic amines is 1. The molecule has 0 amide bonds. The third-order valence-corrected chi connectivity index (χ3v) is 6.76. The van der Waals surface area contributed by atoms with Crippen molar-refractivity contribution in [2.45, 2.75) is 50.7 Å². The SMILES string of the molecule is CC(O[C@H]1OCCN(c2n[nH]nc2CN(C)C)[C@@]1(C)c1ccc(F)cc1)c1cc(C(F)(F)F)cc(C(F)(F)F)c1. The molecular formula is C26H28F7N5O2. The van der Waals surface area contributed by atoms with Gasteiger partial charge in [-0.05, 0) is 69.4 Å². The van der Waals surface area contributed by atoms with Gasteiger partial charge in [0, 0.05) is 13.1 Å². The molecule has 14 heteroatoms. The maximum atomic E-state index is 13.9. The molecule has 1 aliphatic rings. The second-order valence-corrected chi connectivity index (χ2v) is 9.96. The van der Waals surface area contributed by atoms with Gasteiger partial charge in [-0.15, -0.1) is 5.10 Å². The van der Waals surface area contributed by atoms with Gasteiger partial charge >= 0.3 is 12.4 Å². The number of H-pyrrole nitrogens is 1. The predicted octanol–water partition coefficient (Wildman–Crippen LogP) is 5.90. The van der Waals surface area contributed by atoms with Crippen molar-refractivity contribution < 1.29 is 40.2 Å². The van der Waals surface area contributed by atoms with Crippen LogP contribution in [0.15, 0.2) is 42.5 Å². The third kappa shape index (κ3) is 6.08. The second-order valence-electron chi connectivity index (χ2n) is 9.96. The number of nitrogens with zero attached hydrogens (tertiary/aromatic N) is 4. The van der Waals surface area contributed by atoms with Gasteiger partial charge in [0.2, 0.25) is 0 Å². The maximum Gasteiger partial charge on any atom is 0.416 e. The molecule has 1 aliphatic heterocycles. The number of halogens is 7. The number of benzene rings is 2. The van der Waals surface area contributed by atoms with Crippen LogP contribution in [-0.4, -0.2) is 53.8 Å². The first-order valence-corrected chi connectivity index (χ1v) is 12.2. The Morgan fingerprint density at radius 2 is 1.65 bits per heavy atom. The highest BCUT2D eigenvalue weighted by Gasteiger charge is 2.49. The van der Waals surface area contributed by atoms with Crippen molar-refractivity contribution in [3.63, 3.8) is 0 Å². The number of morpholine rings is 1. The zero-order valence-corrected chi connectivity index (χ0v) is 22.1. The van der Waals surface area contributed by atoms with E-state index in [9.17, 15) is 30.7 Å². The Morgan fingerprint density at radius 1 is 1.05 bits per heavy atom. The molecule has 7 nitrogen and oxygen atoms in total. The highest BCUT2D eigenvalue weighted by Crippen LogP contribution is 2.43. The molecule has 0 saturated carbocycles. The van der Waals surface area contributed by atoms with Gasteiger partial charge in [0.1, 0.15) is 17.1 Å². The van der Waals surface area contributed by atoms with E-state index in [0.717, 1.165) is 0 Å². The lowest BCUT2D eigenvalue weighted by atomic mass is 9.87. The van der Waals surface area contributed by atoms with E-state index in [0.29, 0.717) is 35.8 Å². The van der Waals surface area contributed by atoms with Crippen LogP contribution in [0.3, 0.4) is 0 Å². The fourth-order valence-corrected chi connectivity index (χ4v) is 4.70. The highest BCUT2D eigenvalue weighted by molar-refractivity contribution is 5.50. The smallest absolute Gasteiger partial charge is 0.348 e. The zero-order chi connectivity index (χ0) is 29.5. The summed E-state index contributed by atoms with van der Waals surface area (Å²) in [5.41, 5.74) is -3.37. The Labute approximate surface area is 225 Å². The number of rotatable bonds is 7. The monoisotopic (exact) mass is 575 g/mol. The summed E-state index contributed by atoms with van der Waals surface area (Å²) < 4.78 is 107. The molecule has 40 heavy (non-hydrogen) atoms. The minimum atomic E-state index is -5.01. The third-order valence-electron chi connectivity index (χ3n) is 6.76. The summed E-state index contributed by atoms with van der Waals surface area (Å²) in [5.74, 6) is -0.0525. The number of hydrogen-bond acceptors (Lipinski definition) is 6. The summed E-state index contributed by atoms with van der Waals surface area (Å²) in [6, 6.07) is 6.81. The van der Waals surface area contributed by atoms with E-state index in [-0.39, 0.29) is 24.8 Å². The summed E-state index contributed by atoms with van der Waals surface area (Å²) in [5, 5.41) is 11.1. The average molecular weight is 576 g/mol. The molecule has 1 N–H and O–H groups in total. The minimum Gasteiger partial charge on any atom is -0.348 e. The number of hydrogen-bond donors (Lipinski definition) is 1. The molecule has 2 heterocycles. The van der Waals surface area contributed by atoms with Crippen LogP contribution in [0.2, 0.25) is 0 Å². The quantitative estimate of drug-likeness (QED) is 0.354. The molecule has 2 aromatic carbocycles. The van der Waals surface area contributed by atoms with Gasteiger partial charge in [0.15, 0.2) is 12.1 Å². The van der Waals surface area contributed by atoms with E-state index in [1.807, 2.05) is 23.9 Å². The van der Waals surface area contributed by atoms with E-state index < -0.39 is 47.2 Å². The lowest BCUT2D eigenvalue weighted by molar-refractivity contribution is -0.217. The molecule has 0 bridgehead atoms. The second kappa shape index (κ2) is 11.0. The van der Waals surface area contributed by atoms with Crippen molar-refractivity contribution in [1.82, 2.24) is 20.3 Å². The van der Waals surface area contributed by atoms with Crippen LogP contribution in [0.1, 0.15) is 47.9 Å². The van der Waals surface area contributed by atoms with Crippen LogP contribution in [0.4, 0.5) is 36.6 Å². The van der Waals surface area contributed by atoms with Crippen LogP contribution in [0.5, 0.6) is 0 Å². The van der Waals surface area contributed by atoms with Gasteiger partial charge in [-0.3, -0.25) is 0 Å². The lowest BCUT2D eigenvalue weighted by Crippen LogP contribution is -2.60. The first kappa shape index (κ1) is 29.7. The van der Waals surface area contributed by atoms with E-state index >= 15 is 0 Å². The first-order chi connectivity index (χ1) is 18.6.